The van der Waals surface area contributed by atoms with E-state index < -0.39 is 0 Å². The fourth-order valence-electron chi connectivity index (χ4n) is 4.85. The Labute approximate surface area is 205 Å². The van der Waals surface area contributed by atoms with E-state index in [0.717, 1.165) is 16.3 Å². The van der Waals surface area contributed by atoms with E-state index in [-0.39, 0.29) is 17.2 Å². The van der Waals surface area contributed by atoms with E-state index >= 15 is 0 Å². The summed E-state index contributed by atoms with van der Waals surface area (Å²) in [6, 6.07) is 19.9. The van der Waals surface area contributed by atoms with E-state index in [4.69, 9.17) is 19.2 Å². The fourth-order valence-corrected chi connectivity index (χ4v) is 4.85. The summed E-state index contributed by atoms with van der Waals surface area (Å²) in [5.41, 5.74) is 2.46. The van der Waals surface area contributed by atoms with Crippen LogP contribution in [0.15, 0.2) is 71.5 Å². The molecule has 178 valence electrons. The van der Waals surface area contributed by atoms with Crippen molar-refractivity contribution in [1.29, 1.82) is 0 Å². The number of fused-ring (bicyclic) bond motifs is 5. The van der Waals surface area contributed by atoms with Crippen LogP contribution in [0.3, 0.4) is 0 Å². The van der Waals surface area contributed by atoms with Gasteiger partial charge in [-0.3, -0.25) is 14.0 Å². The summed E-state index contributed by atoms with van der Waals surface area (Å²) in [4.78, 5) is 32.0. The van der Waals surface area contributed by atoms with Crippen molar-refractivity contribution in [2.24, 2.45) is 0 Å². The number of amides is 1. The van der Waals surface area contributed by atoms with Crippen LogP contribution in [0, 0.1) is 0 Å². The molecule has 6 aromatic rings. The first-order valence-electron chi connectivity index (χ1n) is 11.3. The van der Waals surface area contributed by atoms with Gasteiger partial charge in [0.15, 0.2) is 11.5 Å². The van der Waals surface area contributed by atoms with Crippen LogP contribution in [0.1, 0.15) is 10.5 Å². The molecule has 0 saturated heterocycles. The molecule has 0 radical (unpaired) electrons. The number of aromatic nitrogens is 2. The molecule has 0 atom stereocenters. The zero-order valence-electron chi connectivity index (χ0n) is 19.8. The van der Waals surface area contributed by atoms with Gasteiger partial charge in [0.25, 0.3) is 11.5 Å². The maximum atomic E-state index is 13.8. The predicted molar refractivity (Wildman–Crippen MR) is 139 cm³/mol. The normalized spacial score (nSPS) is 11.4. The number of carbonyl (C=O) groups excluding carboxylic acids is 1. The second-order valence-corrected chi connectivity index (χ2v) is 8.32. The van der Waals surface area contributed by atoms with Crippen LogP contribution in [-0.4, -0.2) is 36.6 Å². The summed E-state index contributed by atoms with van der Waals surface area (Å²) in [5.74, 6) is 1.01. The van der Waals surface area contributed by atoms with Crippen LogP contribution in [0.5, 0.6) is 17.2 Å². The van der Waals surface area contributed by atoms with Gasteiger partial charge in [-0.05, 0) is 36.4 Å². The standard InChI is InChI=1S/C28H21N3O5/c1-34-16-8-6-7-15(13-16)29-27(32)20-14-19-17-9-4-5-10-21(17)31-25(19)24(30-20)18-11-12-22(35-2)26(36-3)23(18)28(31)33/h4-14H,1-3H3,(H,29,32). The van der Waals surface area contributed by atoms with Gasteiger partial charge in [-0.25, -0.2) is 4.98 Å². The molecule has 0 saturated carbocycles. The van der Waals surface area contributed by atoms with Gasteiger partial charge in [-0.2, -0.15) is 0 Å². The lowest BCUT2D eigenvalue weighted by atomic mass is 10.1. The van der Waals surface area contributed by atoms with Crippen LogP contribution in [0.4, 0.5) is 5.69 Å². The van der Waals surface area contributed by atoms with Crippen molar-refractivity contribution in [2.45, 2.75) is 0 Å². The Hall–Kier alpha value is -4.85. The van der Waals surface area contributed by atoms with Gasteiger partial charge in [0, 0.05) is 27.9 Å². The minimum Gasteiger partial charge on any atom is -0.497 e. The van der Waals surface area contributed by atoms with Crippen molar-refractivity contribution in [3.8, 4) is 17.2 Å². The highest BCUT2D eigenvalue weighted by atomic mass is 16.5. The Morgan fingerprint density at radius 3 is 2.47 bits per heavy atom. The molecule has 1 N–H and O–H groups in total. The number of rotatable bonds is 5. The number of anilines is 1. The van der Waals surface area contributed by atoms with E-state index in [9.17, 15) is 9.59 Å². The van der Waals surface area contributed by atoms with Crippen molar-refractivity contribution in [3.05, 3.63) is 82.8 Å². The van der Waals surface area contributed by atoms with Crippen molar-refractivity contribution in [1.82, 2.24) is 9.38 Å². The zero-order valence-corrected chi connectivity index (χ0v) is 19.8. The fraction of sp³-hybridized carbons (Fsp3) is 0.107. The molecule has 1 amide bonds. The van der Waals surface area contributed by atoms with Crippen molar-refractivity contribution >= 4 is 49.7 Å². The van der Waals surface area contributed by atoms with Crippen molar-refractivity contribution in [2.75, 3.05) is 26.6 Å². The summed E-state index contributed by atoms with van der Waals surface area (Å²) >= 11 is 0. The monoisotopic (exact) mass is 479 g/mol. The molecule has 8 heteroatoms. The van der Waals surface area contributed by atoms with E-state index in [2.05, 4.69) is 5.32 Å². The molecule has 0 fully saturated rings. The second kappa shape index (κ2) is 8.13. The van der Waals surface area contributed by atoms with Crippen LogP contribution < -0.4 is 25.1 Å². The molecule has 0 aliphatic heterocycles. The number of nitrogens with zero attached hydrogens (tertiary/aromatic N) is 2. The molecule has 3 heterocycles. The molecule has 3 aromatic carbocycles. The van der Waals surface area contributed by atoms with Gasteiger partial charge in [0.05, 0.1) is 43.3 Å². The highest BCUT2D eigenvalue weighted by Gasteiger charge is 2.24. The van der Waals surface area contributed by atoms with Gasteiger partial charge in [0.1, 0.15) is 11.4 Å². The average molecular weight is 479 g/mol. The van der Waals surface area contributed by atoms with Gasteiger partial charge in [-0.15, -0.1) is 0 Å². The quantitative estimate of drug-likeness (QED) is 0.355. The van der Waals surface area contributed by atoms with E-state index in [1.54, 1.807) is 54.0 Å². The number of para-hydroxylation sites is 1. The second-order valence-electron chi connectivity index (χ2n) is 8.32. The van der Waals surface area contributed by atoms with Crippen molar-refractivity contribution < 1.29 is 19.0 Å². The van der Waals surface area contributed by atoms with Crippen LogP contribution in [0.25, 0.3) is 38.1 Å². The number of hydrogen-bond acceptors (Lipinski definition) is 6. The lowest BCUT2D eigenvalue weighted by Crippen LogP contribution is -2.17. The minimum absolute atomic E-state index is 0.221. The number of ether oxygens (including phenoxy) is 3. The third-order valence-corrected chi connectivity index (χ3v) is 6.43. The van der Waals surface area contributed by atoms with E-state index in [1.165, 1.54) is 14.2 Å². The van der Waals surface area contributed by atoms with Crippen LogP contribution >= 0.6 is 0 Å². The largest absolute Gasteiger partial charge is 0.497 e. The molecule has 0 bridgehead atoms. The predicted octanol–water partition coefficient (Wildman–Crippen LogP) is 4.87. The molecule has 6 rings (SSSR count). The zero-order chi connectivity index (χ0) is 25.0. The highest BCUT2D eigenvalue weighted by Crippen LogP contribution is 2.39. The Bertz CT molecular complexity index is 1880. The third-order valence-electron chi connectivity index (χ3n) is 6.43. The molecular weight excluding hydrogens is 458 g/mol. The van der Waals surface area contributed by atoms with Gasteiger partial charge < -0.3 is 19.5 Å². The topological polar surface area (TPSA) is 91.2 Å². The Kier molecular flexibility index (Phi) is 4.89. The summed E-state index contributed by atoms with van der Waals surface area (Å²) in [7, 11) is 4.59. The Morgan fingerprint density at radius 2 is 1.69 bits per heavy atom. The first kappa shape index (κ1) is 21.7. The van der Waals surface area contributed by atoms with E-state index in [0.29, 0.717) is 44.7 Å². The SMILES string of the molecule is COc1cccc(NC(=O)c2cc3c4ccccc4n4c(=O)c5c(OC)c(OC)ccc5c(n2)c34)c1. The van der Waals surface area contributed by atoms with Crippen LogP contribution in [-0.2, 0) is 0 Å². The van der Waals surface area contributed by atoms with Crippen molar-refractivity contribution in [3.63, 3.8) is 0 Å². The van der Waals surface area contributed by atoms with E-state index in [1.807, 2.05) is 24.3 Å². The molecule has 8 nitrogen and oxygen atoms in total. The average Bonchev–Trinajstić information content (AvgIpc) is 3.25. The number of nitrogens with one attached hydrogen (secondary N) is 1. The maximum absolute atomic E-state index is 13.8. The summed E-state index contributed by atoms with van der Waals surface area (Å²) in [5, 5.41) is 5.42. The number of carbonyl (C=O) groups is 1. The van der Waals surface area contributed by atoms with Gasteiger partial charge >= 0.3 is 0 Å². The molecule has 3 aromatic heterocycles. The molecule has 0 aliphatic rings. The first-order chi connectivity index (χ1) is 17.5. The maximum Gasteiger partial charge on any atom is 0.274 e. The highest BCUT2D eigenvalue weighted by molar-refractivity contribution is 6.21. The minimum atomic E-state index is -0.378. The molecule has 0 unspecified atom stereocenters. The van der Waals surface area contributed by atoms with Crippen LogP contribution in [0.2, 0.25) is 0 Å². The summed E-state index contributed by atoms with van der Waals surface area (Å²) in [6.07, 6.45) is 0. The lowest BCUT2D eigenvalue weighted by Gasteiger charge is -2.13. The molecule has 0 spiro atoms. The molecule has 36 heavy (non-hydrogen) atoms. The number of pyridine rings is 2. The van der Waals surface area contributed by atoms with Gasteiger partial charge in [-0.1, -0.05) is 24.3 Å². The smallest absolute Gasteiger partial charge is 0.274 e. The van der Waals surface area contributed by atoms with Gasteiger partial charge in [0.2, 0.25) is 0 Å². The summed E-state index contributed by atoms with van der Waals surface area (Å²) < 4.78 is 18.0. The lowest BCUT2D eigenvalue weighted by molar-refractivity contribution is 0.102. The molecule has 0 aliphatic carbocycles. The first-order valence-corrected chi connectivity index (χ1v) is 11.3. The Morgan fingerprint density at radius 1 is 0.861 bits per heavy atom. The Balaban J connectivity index is 1.69. The number of methoxy groups -OCH3 is 3. The number of benzene rings is 3. The third kappa shape index (κ3) is 3.04. The summed E-state index contributed by atoms with van der Waals surface area (Å²) in [6.45, 7) is 0. The number of hydrogen-bond donors (Lipinski definition) is 1. The molecular formula is C28H21N3O5.